The van der Waals surface area contributed by atoms with Crippen molar-refractivity contribution in [3.05, 3.63) is 124 Å². The van der Waals surface area contributed by atoms with Gasteiger partial charge in [-0.2, -0.15) is 0 Å². The van der Waals surface area contributed by atoms with Gasteiger partial charge in [0.05, 0.1) is 11.3 Å². The highest BCUT2D eigenvalue weighted by molar-refractivity contribution is 7.99. The second-order valence-corrected chi connectivity index (χ2v) is 10.3. The Bertz CT molecular complexity index is 1570. The second-order valence-electron chi connectivity index (χ2n) is 8.73. The second kappa shape index (κ2) is 11.1. The molecule has 4 aromatic carbocycles. The monoisotopic (exact) mass is 524 g/mol. The number of carbonyl (C=O) groups excluding carboxylic acids is 2. The van der Waals surface area contributed by atoms with Gasteiger partial charge in [-0.25, -0.2) is 0 Å². The highest BCUT2D eigenvalue weighted by Gasteiger charge is 2.18. The number of hydrogen-bond donors (Lipinski definition) is 2. The van der Waals surface area contributed by atoms with Gasteiger partial charge < -0.3 is 10.3 Å². The Morgan fingerprint density at radius 3 is 2.27 bits per heavy atom. The lowest BCUT2D eigenvalue weighted by Gasteiger charge is -2.10. The van der Waals surface area contributed by atoms with Crippen molar-refractivity contribution < 1.29 is 9.59 Å². The molecule has 0 aliphatic heterocycles. The van der Waals surface area contributed by atoms with E-state index in [1.165, 1.54) is 0 Å². The maximum absolute atomic E-state index is 13.1. The molecule has 0 saturated heterocycles. The van der Waals surface area contributed by atoms with Gasteiger partial charge in [-0.15, -0.1) is 11.8 Å². The minimum absolute atomic E-state index is 0.161. The minimum Gasteiger partial charge on any atom is -0.354 e. The zero-order valence-corrected chi connectivity index (χ0v) is 21.8. The first-order valence-corrected chi connectivity index (χ1v) is 13.4. The number of fused-ring (bicyclic) bond motifs is 1. The summed E-state index contributed by atoms with van der Waals surface area (Å²) in [5.74, 6) is 0.252. The van der Waals surface area contributed by atoms with E-state index in [2.05, 4.69) is 22.4 Å². The number of hydrogen-bond acceptors (Lipinski definition) is 3. The summed E-state index contributed by atoms with van der Waals surface area (Å²) in [6.45, 7) is 2.43. The van der Waals surface area contributed by atoms with Crippen molar-refractivity contribution in [1.29, 1.82) is 0 Å². The Balaban J connectivity index is 1.30. The van der Waals surface area contributed by atoms with Gasteiger partial charge in [-0.1, -0.05) is 90.0 Å². The number of rotatable bonds is 8. The van der Waals surface area contributed by atoms with Crippen LogP contribution in [0.2, 0.25) is 5.02 Å². The van der Waals surface area contributed by atoms with Crippen LogP contribution >= 0.6 is 23.4 Å². The van der Waals surface area contributed by atoms with Crippen LogP contribution < -0.4 is 5.32 Å². The molecule has 0 spiro atoms. The number of para-hydroxylation sites is 1. The van der Waals surface area contributed by atoms with E-state index in [9.17, 15) is 9.59 Å². The summed E-state index contributed by atoms with van der Waals surface area (Å²) in [6, 6.07) is 30.3. The Morgan fingerprint density at radius 1 is 0.838 bits per heavy atom. The molecule has 0 radical (unpaired) electrons. The van der Waals surface area contributed by atoms with E-state index in [1.807, 2.05) is 55.5 Å². The van der Waals surface area contributed by atoms with Gasteiger partial charge in [0.15, 0.2) is 5.78 Å². The van der Waals surface area contributed by atoms with Crippen LogP contribution in [0.3, 0.4) is 0 Å². The third-order valence-electron chi connectivity index (χ3n) is 6.16. The predicted molar refractivity (Wildman–Crippen MR) is 153 cm³/mol. The first kappa shape index (κ1) is 24.9. The zero-order valence-electron chi connectivity index (χ0n) is 20.3. The molecule has 0 bridgehead atoms. The van der Waals surface area contributed by atoms with Crippen molar-refractivity contribution in [2.45, 2.75) is 11.8 Å². The molecule has 5 aromatic rings. The largest absolute Gasteiger partial charge is 0.354 e. The number of aromatic amines is 1. The zero-order chi connectivity index (χ0) is 25.8. The highest BCUT2D eigenvalue weighted by Crippen LogP contribution is 2.37. The molecule has 2 N–H and O–H groups in total. The van der Waals surface area contributed by atoms with E-state index in [0.29, 0.717) is 34.0 Å². The van der Waals surface area contributed by atoms with Gasteiger partial charge in [0.1, 0.15) is 0 Å². The molecule has 4 nitrogen and oxygen atoms in total. The third kappa shape index (κ3) is 5.48. The number of benzene rings is 4. The van der Waals surface area contributed by atoms with E-state index >= 15 is 0 Å². The van der Waals surface area contributed by atoms with Gasteiger partial charge in [-0.05, 0) is 36.8 Å². The first-order chi connectivity index (χ1) is 18.0. The smallest absolute Gasteiger partial charge is 0.252 e. The lowest BCUT2D eigenvalue weighted by atomic mass is 9.97. The fourth-order valence-electron chi connectivity index (χ4n) is 4.24. The molecular formula is C31H25ClN2O2S. The van der Waals surface area contributed by atoms with Crippen molar-refractivity contribution in [2.75, 3.05) is 12.3 Å². The fraction of sp³-hybridized carbons (Fsp3) is 0.0968. The highest BCUT2D eigenvalue weighted by atomic mass is 35.5. The van der Waals surface area contributed by atoms with Crippen molar-refractivity contribution >= 4 is 46.0 Å². The lowest BCUT2D eigenvalue weighted by Crippen LogP contribution is -2.27. The molecule has 0 aliphatic rings. The van der Waals surface area contributed by atoms with Crippen molar-refractivity contribution in [1.82, 2.24) is 10.3 Å². The van der Waals surface area contributed by atoms with Gasteiger partial charge >= 0.3 is 0 Å². The standard InChI is InChI=1S/C31H25ClN2O2S/c1-20-10-12-22(13-11-20)29(35)24-6-2-3-7-25(24)31(36)33-18-19-37-30-26-8-4-5-9-27(26)34-28(30)21-14-16-23(32)17-15-21/h2-17,34H,18-19H2,1H3,(H,33,36). The number of nitrogens with one attached hydrogen (secondary N) is 2. The number of amides is 1. The lowest BCUT2D eigenvalue weighted by molar-refractivity contribution is 0.0944. The molecular weight excluding hydrogens is 500 g/mol. The molecule has 1 aromatic heterocycles. The Labute approximate surface area is 225 Å². The minimum atomic E-state index is -0.256. The van der Waals surface area contributed by atoms with Gasteiger partial charge in [0, 0.05) is 44.2 Å². The Kier molecular flexibility index (Phi) is 7.45. The van der Waals surface area contributed by atoms with Gasteiger partial charge in [0.2, 0.25) is 0 Å². The molecule has 0 aliphatic carbocycles. The number of ketones is 1. The van der Waals surface area contributed by atoms with Gasteiger partial charge in [-0.3, -0.25) is 9.59 Å². The molecule has 0 unspecified atom stereocenters. The number of thioether (sulfide) groups is 1. The maximum Gasteiger partial charge on any atom is 0.252 e. The molecule has 184 valence electrons. The molecule has 6 heteroatoms. The van der Waals surface area contributed by atoms with Crippen LogP contribution in [0.1, 0.15) is 31.8 Å². The van der Waals surface area contributed by atoms with Crippen LogP contribution in [0, 0.1) is 6.92 Å². The van der Waals surface area contributed by atoms with Crippen LogP contribution in [-0.2, 0) is 0 Å². The third-order valence-corrected chi connectivity index (χ3v) is 7.53. The average molecular weight is 525 g/mol. The Morgan fingerprint density at radius 2 is 1.51 bits per heavy atom. The molecule has 5 rings (SSSR count). The maximum atomic E-state index is 13.1. The molecule has 0 atom stereocenters. The number of carbonyl (C=O) groups is 2. The molecule has 37 heavy (non-hydrogen) atoms. The van der Waals surface area contributed by atoms with Crippen LogP contribution in [-0.4, -0.2) is 29.0 Å². The van der Waals surface area contributed by atoms with Crippen molar-refractivity contribution in [3.8, 4) is 11.3 Å². The number of aromatic nitrogens is 1. The molecule has 1 amide bonds. The predicted octanol–water partition coefficient (Wildman–Crippen LogP) is 7.55. The van der Waals surface area contributed by atoms with Crippen LogP contribution in [0.5, 0.6) is 0 Å². The summed E-state index contributed by atoms with van der Waals surface area (Å²) in [4.78, 5) is 30.8. The fourth-order valence-corrected chi connectivity index (χ4v) is 5.42. The van der Waals surface area contributed by atoms with E-state index in [4.69, 9.17) is 11.6 Å². The van der Waals surface area contributed by atoms with E-state index < -0.39 is 0 Å². The molecule has 0 saturated carbocycles. The van der Waals surface area contributed by atoms with Crippen LogP contribution in [0.15, 0.2) is 102 Å². The number of H-pyrrole nitrogens is 1. The Hall–Kier alpha value is -3.80. The summed E-state index contributed by atoms with van der Waals surface area (Å²) in [7, 11) is 0. The topological polar surface area (TPSA) is 62.0 Å². The summed E-state index contributed by atoms with van der Waals surface area (Å²) < 4.78 is 0. The van der Waals surface area contributed by atoms with E-state index in [0.717, 1.165) is 32.6 Å². The van der Waals surface area contributed by atoms with Crippen molar-refractivity contribution in [2.24, 2.45) is 0 Å². The van der Waals surface area contributed by atoms with Crippen molar-refractivity contribution in [3.63, 3.8) is 0 Å². The van der Waals surface area contributed by atoms with Crippen LogP contribution in [0.4, 0.5) is 0 Å². The van der Waals surface area contributed by atoms with E-state index in [1.54, 1.807) is 48.2 Å². The first-order valence-electron chi connectivity index (χ1n) is 12.0. The SMILES string of the molecule is Cc1ccc(C(=O)c2ccccc2C(=O)NCCSc2c(-c3ccc(Cl)cc3)[nH]c3ccccc23)cc1. The average Bonchev–Trinajstić information content (AvgIpc) is 3.30. The number of aryl methyl sites for hydroxylation is 1. The van der Waals surface area contributed by atoms with Crippen LogP contribution in [0.25, 0.3) is 22.2 Å². The summed E-state index contributed by atoms with van der Waals surface area (Å²) in [5, 5.41) is 4.82. The van der Waals surface area contributed by atoms with Gasteiger partial charge in [0.25, 0.3) is 5.91 Å². The van der Waals surface area contributed by atoms with E-state index in [-0.39, 0.29) is 11.7 Å². The normalized spacial score (nSPS) is 11.0. The summed E-state index contributed by atoms with van der Waals surface area (Å²) >= 11 is 7.78. The molecule has 0 fully saturated rings. The summed E-state index contributed by atoms with van der Waals surface area (Å²) in [5.41, 5.74) is 5.57. The molecule has 1 heterocycles. The quantitative estimate of drug-likeness (QED) is 0.125. The summed E-state index contributed by atoms with van der Waals surface area (Å²) in [6.07, 6.45) is 0. The number of halogens is 1.